The normalized spacial score (nSPS) is 14.0. The van der Waals surface area contributed by atoms with Crippen LogP contribution in [0.2, 0.25) is 0 Å². The number of hydrogen-bond acceptors (Lipinski definition) is 5. The number of amides is 1. The third-order valence-corrected chi connectivity index (χ3v) is 6.22. The van der Waals surface area contributed by atoms with E-state index in [1.54, 1.807) is 11.1 Å². The molecule has 180 valence electrons. The van der Waals surface area contributed by atoms with Crippen molar-refractivity contribution in [3.8, 4) is 11.1 Å². The molecule has 1 N–H and O–H groups in total. The second kappa shape index (κ2) is 9.29. The Morgan fingerprint density at radius 2 is 1.88 bits per heavy atom. The summed E-state index contributed by atoms with van der Waals surface area (Å²) in [6.45, 7) is 6.90. The number of rotatable bonds is 4. The Kier molecular flexibility index (Phi) is 6.58. The fraction of sp³-hybridized carbons (Fsp3) is 0.360. The Balaban J connectivity index is 1.66. The summed E-state index contributed by atoms with van der Waals surface area (Å²) in [6, 6.07) is 9.13. The second-order valence-corrected chi connectivity index (χ2v) is 10.2. The number of alkyl halides is 3. The number of carbonyl (C=O) groups is 1. The van der Waals surface area contributed by atoms with Crippen molar-refractivity contribution in [2.24, 2.45) is 0 Å². The Hall–Kier alpha value is -3.07. The molecule has 3 aromatic rings. The van der Waals surface area contributed by atoms with E-state index in [1.807, 2.05) is 38.3 Å². The first kappa shape index (κ1) is 24.1. The van der Waals surface area contributed by atoms with E-state index < -0.39 is 17.3 Å². The van der Waals surface area contributed by atoms with Gasteiger partial charge in [-0.25, -0.2) is 9.78 Å². The summed E-state index contributed by atoms with van der Waals surface area (Å²) >= 11 is 1.53. The van der Waals surface area contributed by atoms with Gasteiger partial charge in [-0.1, -0.05) is 12.1 Å². The Morgan fingerprint density at radius 1 is 1.15 bits per heavy atom. The predicted octanol–water partition coefficient (Wildman–Crippen LogP) is 6.73. The van der Waals surface area contributed by atoms with Gasteiger partial charge in [0, 0.05) is 35.9 Å². The van der Waals surface area contributed by atoms with Crippen LogP contribution < -0.4 is 5.32 Å². The molecule has 0 radical (unpaired) electrons. The minimum absolute atomic E-state index is 0.375. The van der Waals surface area contributed by atoms with E-state index in [9.17, 15) is 18.0 Å². The van der Waals surface area contributed by atoms with Crippen molar-refractivity contribution in [3.05, 3.63) is 69.7 Å². The molecule has 1 aromatic heterocycles. The number of fused-ring (bicyclic) bond motifs is 1. The molecule has 1 aliphatic heterocycles. The lowest BCUT2D eigenvalue weighted by atomic mass is 9.92. The quantitative estimate of drug-likeness (QED) is 0.441. The SMILES string of the molecule is CC(C)(C)OC(=O)N1CCc2cc(NCc3nccs3)c(-c3ccc(C(F)(F)F)cc3)cc2C1. The highest BCUT2D eigenvalue weighted by molar-refractivity contribution is 7.09. The van der Waals surface area contributed by atoms with Crippen LogP contribution in [-0.4, -0.2) is 28.1 Å². The van der Waals surface area contributed by atoms with Crippen LogP contribution in [0, 0.1) is 0 Å². The zero-order chi connectivity index (χ0) is 24.5. The highest BCUT2D eigenvalue weighted by atomic mass is 32.1. The van der Waals surface area contributed by atoms with E-state index >= 15 is 0 Å². The maximum absolute atomic E-state index is 13.1. The minimum atomic E-state index is -4.39. The fourth-order valence-electron chi connectivity index (χ4n) is 3.83. The Labute approximate surface area is 200 Å². The highest BCUT2D eigenvalue weighted by Crippen LogP contribution is 2.36. The zero-order valence-corrected chi connectivity index (χ0v) is 20.0. The van der Waals surface area contributed by atoms with E-state index in [-0.39, 0.29) is 6.09 Å². The van der Waals surface area contributed by atoms with Crippen LogP contribution >= 0.6 is 11.3 Å². The first-order chi connectivity index (χ1) is 16.0. The van der Waals surface area contributed by atoms with Gasteiger partial charge in [0.1, 0.15) is 10.6 Å². The third-order valence-electron chi connectivity index (χ3n) is 5.44. The van der Waals surface area contributed by atoms with Crippen LogP contribution in [0.3, 0.4) is 0 Å². The van der Waals surface area contributed by atoms with Gasteiger partial charge in [-0.2, -0.15) is 13.2 Å². The maximum Gasteiger partial charge on any atom is 0.416 e. The maximum atomic E-state index is 13.1. The average Bonchev–Trinajstić information content (AvgIpc) is 3.29. The predicted molar refractivity (Wildman–Crippen MR) is 127 cm³/mol. The van der Waals surface area contributed by atoms with E-state index in [4.69, 9.17) is 4.74 Å². The molecule has 0 aliphatic carbocycles. The van der Waals surface area contributed by atoms with Gasteiger partial charge < -0.3 is 15.0 Å². The van der Waals surface area contributed by atoms with Gasteiger partial charge in [0.25, 0.3) is 0 Å². The van der Waals surface area contributed by atoms with Gasteiger partial charge in [-0.15, -0.1) is 11.3 Å². The first-order valence-corrected chi connectivity index (χ1v) is 11.8. The van der Waals surface area contributed by atoms with E-state index in [0.29, 0.717) is 31.6 Å². The number of aromatic nitrogens is 1. The molecule has 0 unspecified atom stereocenters. The molecule has 5 nitrogen and oxygen atoms in total. The number of hydrogen-bond donors (Lipinski definition) is 1. The lowest BCUT2D eigenvalue weighted by molar-refractivity contribution is -0.137. The topological polar surface area (TPSA) is 54.5 Å². The zero-order valence-electron chi connectivity index (χ0n) is 19.2. The van der Waals surface area contributed by atoms with Gasteiger partial charge in [-0.3, -0.25) is 0 Å². The second-order valence-electron chi connectivity index (χ2n) is 9.17. The lowest BCUT2D eigenvalue weighted by Gasteiger charge is -2.32. The summed E-state index contributed by atoms with van der Waals surface area (Å²) in [5, 5.41) is 6.20. The van der Waals surface area contributed by atoms with Crippen molar-refractivity contribution >= 4 is 23.1 Å². The van der Waals surface area contributed by atoms with Crippen molar-refractivity contribution in [1.29, 1.82) is 0 Å². The van der Waals surface area contributed by atoms with Crippen molar-refractivity contribution in [2.75, 3.05) is 11.9 Å². The van der Waals surface area contributed by atoms with E-state index in [1.165, 1.54) is 23.5 Å². The van der Waals surface area contributed by atoms with Crippen LogP contribution in [0.1, 0.15) is 42.5 Å². The highest BCUT2D eigenvalue weighted by Gasteiger charge is 2.30. The van der Waals surface area contributed by atoms with E-state index in [0.717, 1.165) is 39.5 Å². The molecule has 2 aromatic carbocycles. The van der Waals surface area contributed by atoms with Crippen LogP contribution in [0.15, 0.2) is 48.0 Å². The average molecular weight is 490 g/mol. The van der Waals surface area contributed by atoms with Crippen LogP contribution in [-0.2, 0) is 30.4 Å². The van der Waals surface area contributed by atoms with Crippen molar-refractivity contribution < 1.29 is 22.7 Å². The summed E-state index contributed by atoms with van der Waals surface area (Å²) in [4.78, 5) is 18.5. The van der Waals surface area contributed by atoms with Crippen LogP contribution in [0.25, 0.3) is 11.1 Å². The number of anilines is 1. The molecule has 2 heterocycles. The first-order valence-electron chi connectivity index (χ1n) is 10.9. The monoisotopic (exact) mass is 489 g/mol. The Bertz CT molecular complexity index is 1150. The summed E-state index contributed by atoms with van der Waals surface area (Å²) in [7, 11) is 0. The van der Waals surface area contributed by atoms with Gasteiger partial charge in [0.15, 0.2) is 0 Å². The number of halogens is 3. The lowest BCUT2D eigenvalue weighted by Crippen LogP contribution is -2.39. The summed E-state index contributed by atoms with van der Waals surface area (Å²) in [5.74, 6) is 0. The van der Waals surface area contributed by atoms with Crippen molar-refractivity contribution in [3.63, 3.8) is 0 Å². The fourth-order valence-corrected chi connectivity index (χ4v) is 4.38. The largest absolute Gasteiger partial charge is 0.444 e. The number of benzene rings is 2. The molecule has 0 saturated carbocycles. The molecule has 1 aliphatic rings. The third kappa shape index (κ3) is 5.70. The molecule has 0 atom stereocenters. The van der Waals surface area contributed by atoms with Gasteiger partial charge in [0.2, 0.25) is 0 Å². The van der Waals surface area contributed by atoms with Gasteiger partial charge in [0.05, 0.1) is 12.1 Å². The van der Waals surface area contributed by atoms with E-state index in [2.05, 4.69) is 10.3 Å². The van der Waals surface area contributed by atoms with Gasteiger partial charge in [-0.05, 0) is 68.1 Å². The molecule has 34 heavy (non-hydrogen) atoms. The summed E-state index contributed by atoms with van der Waals surface area (Å²) in [6.07, 6.45) is -2.38. The molecule has 0 fully saturated rings. The smallest absolute Gasteiger partial charge is 0.416 e. The number of carbonyl (C=O) groups excluding carboxylic acids is 1. The molecule has 4 rings (SSSR count). The number of ether oxygens (including phenoxy) is 1. The van der Waals surface area contributed by atoms with Crippen molar-refractivity contribution in [2.45, 2.75) is 52.1 Å². The number of thiazole rings is 1. The molecular formula is C25H26F3N3O2S. The molecule has 1 amide bonds. The molecule has 0 bridgehead atoms. The molecule has 0 spiro atoms. The molecule has 9 heteroatoms. The van der Waals surface area contributed by atoms with Crippen LogP contribution in [0.4, 0.5) is 23.7 Å². The Morgan fingerprint density at radius 3 is 2.50 bits per heavy atom. The minimum Gasteiger partial charge on any atom is -0.444 e. The summed E-state index contributed by atoms with van der Waals surface area (Å²) in [5.41, 5.74) is 3.01. The number of nitrogens with one attached hydrogen (secondary N) is 1. The van der Waals surface area contributed by atoms with Gasteiger partial charge >= 0.3 is 12.3 Å². The molecule has 0 saturated heterocycles. The standard InChI is InChI=1S/C25H26F3N3O2S/c1-24(2,3)33-23(32)31-10-8-17-13-21(30-14-22-29-9-11-34-22)20(12-18(17)15-31)16-4-6-19(7-5-16)25(26,27)28/h4-7,9,11-13,30H,8,10,14-15H2,1-3H3. The number of nitrogens with zero attached hydrogens (tertiary/aromatic N) is 2. The van der Waals surface area contributed by atoms with Crippen LogP contribution in [0.5, 0.6) is 0 Å². The van der Waals surface area contributed by atoms with Crippen molar-refractivity contribution in [1.82, 2.24) is 9.88 Å². The molecular weight excluding hydrogens is 463 g/mol. The summed E-state index contributed by atoms with van der Waals surface area (Å²) < 4.78 is 44.7.